The van der Waals surface area contributed by atoms with Gasteiger partial charge in [0.15, 0.2) is 0 Å². The van der Waals surface area contributed by atoms with Crippen LogP contribution in [0.15, 0.2) is 18.3 Å². The lowest BCUT2D eigenvalue weighted by Gasteiger charge is -2.05. The van der Waals surface area contributed by atoms with E-state index in [9.17, 15) is 13.2 Å². The van der Waals surface area contributed by atoms with Crippen LogP contribution in [-0.2, 0) is 6.18 Å². The van der Waals surface area contributed by atoms with Crippen LogP contribution >= 0.6 is 9.07 Å². The van der Waals surface area contributed by atoms with Crippen LogP contribution in [0.5, 0.6) is 0 Å². The average molecular weight is 206 g/mol. The van der Waals surface area contributed by atoms with Crippen LogP contribution in [0.1, 0.15) is 5.69 Å². The molecule has 0 saturated carbocycles. The standard InChI is InChI=1S/C6H3F3N.ClH.Mg/c7-6(8,9)5-3-1-2-4-10-5;;/h2-4H;1H;/q;;+1/p-1. The molecule has 6 heteroatoms. The van der Waals surface area contributed by atoms with Gasteiger partial charge in [0, 0.05) is 6.20 Å². The Kier molecular flexibility index (Phi) is 3.20. The molecule has 0 spiro atoms. The molecule has 0 aromatic carbocycles. The molecular formula is C6H3ClF3MgN. The van der Waals surface area contributed by atoms with E-state index >= 15 is 0 Å². The van der Waals surface area contributed by atoms with Gasteiger partial charge in [0.2, 0.25) is 0 Å². The Morgan fingerprint density at radius 3 is 2.58 bits per heavy atom. The lowest BCUT2D eigenvalue weighted by atomic mass is 10.3. The third-order valence-corrected chi connectivity index (χ3v) is 2.94. The summed E-state index contributed by atoms with van der Waals surface area (Å²) in [6, 6.07) is 2.51. The van der Waals surface area contributed by atoms with Gasteiger partial charge in [-0.2, -0.15) is 13.2 Å². The molecule has 0 atom stereocenters. The molecule has 1 nitrogen and oxygen atoms in total. The molecule has 0 N–H and O–H groups in total. The lowest BCUT2D eigenvalue weighted by molar-refractivity contribution is -0.141. The minimum absolute atomic E-state index is 0.555. The third kappa shape index (κ3) is 2.50. The molecule has 0 saturated heterocycles. The van der Waals surface area contributed by atoms with Gasteiger partial charge < -0.3 is 9.07 Å². The van der Waals surface area contributed by atoms with E-state index in [0.29, 0.717) is 3.69 Å². The Morgan fingerprint density at radius 1 is 1.42 bits per heavy atom. The molecule has 0 aliphatic carbocycles. The van der Waals surface area contributed by atoms with E-state index in [2.05, 4.69) is 4.98 Å². The number of halogens is 4. The van der Waals surface area contributed by atoms with E-state index in [0.717, 1.165) is 12.3 Å². The quantitative estimate of drug-likeness (QED) is 0.635. The lowest BCUT2D eigenvalue weighted by Crippen LogP contribution is -2.15. The summed E-state index contributed by atoms with van der Waals surface area (Å²) in [6.45, 7) is 0. The van der Waals surface area contributed by atoms with Gasteiger partial charge in [-0.1, -0.05) is 12.1 Å². The van der Waals surface area contributed by atoms with E-state index in [-0.39, 0.29) is 0 Å². The maximum Gasteiger partial charge on any atom is 0.538 e. The highest BCUT2D eigenvalue weighted by atomic mass is 35.5. The zero-order valence-corrected chi connectivity index (χ0v) is 8.07. The molecule has 1 heterocycles. The summed E-state index contributed by atoms with van der Waals surface area (Å²) < 4.78 is 36.6. The van der Waals surface area contributed by atoms with Gasteiger partial charge >= 0.3 is 25.4 Å². The van der Waals surface area contributed by atoms with Crippen LogP contribution in [-0.4, -0.2) is 24.2 Å². The van der Waals surface area contributed by atoms with Gasteiger partial charge in [-0.3, -0.25) is 4.98 Å². The topological polar surface area (TPSA) is 12.9 Å². The maximum atomic E-state index is 12.0. The summed E-state index contributed by atoms with van der Waals surface area (Å²) in [7, 11) is 5.49. The number of alkyl halides is 3. The Hall–Kier alpha value is -0.00377. The number of aromatic nitrogens is 1. The summed E-state index contributed by atoms with van der Waals surface area (Å²) in [6.07, 6.45) is -3.23. The molecule has 0 unspecified atom stereocenters. The molecule has 12 heavy (non-hydrogen) atoms. The van der Waals surface area contributed by atoms with E-state index < -0.39 is 31.1 Å². The number of nitrogens with zero attached hydrogens (tertiary/aromatic N) is 1. The van der Waals surface area contributed by atoms with Crippen molar-refractivity contribution in [1.29, 1.82) is 0 Å². The molecule has 0 bridgehead atoms. The second-order valence-electron chi connectivity index (χ2n) is 2.18. The second kappa shape index (κ2) is 3.80. The van der Waals surface area contributed by atoms with Crippen LogP contribution in [0, 0.1) is 0 Å². The highest BCUT2D eigenvalue weighted by molar-refractivity contribution is 7.01. The van der Waals surface area contributed by atoms with Crippen molar-refractivity contribution < 1.29 is 13.2 Å². The Bertz CT molecular complexity index is 276. The van der Waals surface area contributed by atoms with Crippen LogP contribution < -0.4 is 3.69 Å². The zero-order valence-electron chi connectivity index (χ0n) is 5.90. The number of hydrogen-bond donors (Lipinski definition) is 0. The van der Waals surface area contributed by atoms with Crippen LogP contribution in [0.2, 0.25) is 0 Å². The summed E-state index contributed by atoms with van der Waals surface area (Å²) in [5.41, 5.74) is -0.867. The zero-order chi connectivity index (χ0) is 9.19. The van der Waals surface area contributed by atoms with Crippen molar-refractivity contribution in [2.45, 2.75) is 6.18 Å². The maximum absolute atomic E-state index is 12.0. The highest BCUT2D eigenvalue weighted by Gasteiger charge is 2.32. The minimum atomic E-state index is -4.36. The van der Waals surface area contributed by atoms with E-state index in [1.54, 1.807) is 0 Å². The van der Waals surface area contributed by atoms with Crippen molar-refractivity contribution >= 4 is 32.0 Å². The Balaban J connectivity index is 3.02. The first kappa shape index (κ1) is 10.1. The normalized spacial score (nSPS) is 11.0. The Morgan fingerprint density at radius 2 is 2.08 bits per heavy atom. The predicted octanol–water partition coefficient (Wildman–Crippen LogP) is 1.58. The van der Waals surface area contributed by atoms with Crippen LogP contribution in [0.3, 0.4) is 0 Å². The molecule has 0 aliphatic rings. The van der Waals surface area contributed by atoms with Gasteiger partial charge in [0.05, 0.1) is 0 Å². The van der Waals surface area contributed by atoms with Crippen LogP contribution in [0.25, 0.3) is 0 Å². The molecule has 1 rings (SSSR count). The summed E-state index contributed by atoms with van der Waals surface area (Å²) in [5, 5.41) is 0. The summed E-state index contributed by atoms with van der Waals surface area (Å²) >= 11 is -1.06. The molecule has 0 amide bonds. The van der Waals surface area contributed by atoms with Crippen molar-refractivity contribution in [2.24, 2.45) is 0 Å². The van der Waals surface area contributed by atoms with E-state index in [4.69, 9.17) is 9.07 Å². The van der Waals surface area contributed by atoms with Gasteiger partial charge in [-0.15, -0.1) is 3.69 Å². The van der Waals surface area contributed by atoms with Gasteiger partial charge in [-0.25, -0.2) is 0 Å². The molecule has 62 valence electrons. The van der Waals surface area contributed by atoms with Crippen molar-refractivity contribution in [2.75, 3.05) is 0 Å². The highest BCUT2D eigenvalue weighted by Crippen LogP contribution is 2.26. The third-order valence-electron chi connectivity index (χ3n) is 1.27. The van der Waals surface area contributed by atoms with Crippen LogP contribution in [0.4, 0.5) is 13.2 Å². The fourth-order valence-electron chi connectivity index (χ4n) is 0.712. The predicted molar refractivity (Wildman–Crippen MR) is 40.5 cm³/mol. The van der Waals surface area contributed by atoms with Gasteiger partial charge in [-0.05, 0) is 0 Å². The number of pyridine rings is 1. The van der Waals surface area contributed by atoms with Crippen molar-refractivity contribution in [1.82, 2.24) is 4.98 Å². The fraction of sp³-hybridized carbons (Fsp3) is 0.167. The number of hydrogen-bond acceptors (Lipinski definition) is 1. The second-order valence-corrected chi connectivity index (χ2v) is 4.07. The smallest absolute Gasteiger partial charge is 0.336 e. The van der Waals surface area contributed by atoms with Crippen molar-refractivity contribution in [3.8, 4) is 0 Å². The molecule has 1 aromatic rings. The molecule has 0 radical (unpaired) electrons. The first-order chi connectivity index (χ1) is 5.54. The summed E-state index contributed by atoms with van der Waals surface area (Å²) in [5.74, 6) is 0. The minimum Gasteiger partial charge on any atom is -0.336 e. The van der Waals surface area contributed by atoms with Crippen molar-refractivity contribution in [3.05, 3.63) is 24.0 Å². The monoisotopic (exact) mass is 205 g/mol. The largest absolute Gasteiger partial charge is 0.538 e. The molecule has 0 fully saturated rings. The fourth-order valence-corrected chi connectivity index (χ4v) is 1.68. The average Bonchev–Trinajstić information content (AvgIpc) is 2.03. The Labute approximate surface area is 80.4 Å². The molecular weight excluding hydrogens is 203 g/mol. The first-order valence-corrected chi connectivity index (χ1v) is 5.96. The van der Waals surface area contributed by atoms with Crippen molar-refractivity contribution in [3.63, 3.8) is 0 Å². The van der Waals surface area contributed by atoms with Gasteiger partial charge in [0.1, 0.15) is 5.69 Å². The molecule has 0 aliphatic heterocycles. The summed E-state index contributed by atoms with van der Waals surface area (Å²) in [4.78, 5) is 3.20. The first-order valence-electron chi connectivity index (χ1n) is 3.12. The SMILES string of the molecule is FC(F)(F)c1c[c]([Mg][Cl])ccn1. The van der Waals surface area contributed by atoms with E-state index in [1.165, 1.54) is 6.07 Å². The molecule has 1 aromatic heterocycles. The number of rotatable bonds is 1. The van der Waals surface area contributed by atoms with Gasteiger partial charge in [0.25, 0.3) is 0 Å². The van der Waals surface area contributed by atoms with E-state index in [1.807, 2.05) is 0 Å².